The Morgan fingerprint density at radius 2 is 2.00 bits per heavy atom. The molecule has 0 N–H and O–H groups in total. The van der Waals surface area contributed by atoms with E-state index in [1.807, 2.05) is 6.07 Å². The van der Waals surface area contributed by atoms with Gasteiger partial charge in [0.25, 0.3) is 16.7 Å². The Morgan fingerprint density at radius 3 is 2.80 bits per heavy atom. The van der Waals surface area contributed by atoms with E-state index in [1.165, 1.54) is 12.3 Å². The number of aromatic nitrogens is 1. The van der Waals surface area contributed by atoms with E-state index in [0.29, 0.717) is 25.4 Å². The van der Waals surface area contributed by atoms with Gasteiger partial charge in [-0.3, -0.25) is 24.1 Å². The number of rotatable bonds is 3. The number of likely N-dealkylation sites (tertiary alicyclic amines) is 1. The Morgan fingerprint density at radius 1 is 1.13 bits per heavy atom. The molecule has 0 radical (unpaired) electrons. The molecule has 2 bridgehead atoms. The van der Waals surface area contributed by atoms with E-state index in [0.717, 1.165) is 28.8 Å². The van der Waals surface area contributed by atoms with Crippen molar-refractivity contribution in [1.29, 1.82) is 0 Å². The number of hydrogen-bond acceptors (Lipinski definition) is 6. The van der Waals surface area contributed by atoms with Crippen molar-refractivity contribution in [3.8, 4) is 0 Å². The minimum atomic E-state index is -0.483. The highest BCUT2D eigenvalue weighted by molar-refractivity contribution is 8.18. The lowest BCUT2D eigenvalue weighted by Crippen LogP contribution is -2.51. The van der Waals surface area contributed by atoms with Crippen LogP contribution in [0.3, 0.4) is 0 Å². The summed E-state index contributed by atoms with van der Waals surface area (Å²) in [5.41, 5.74) is 0.937. The molecule has 8 nitrogen and oxygen atoms in total. The van der Waals surface area contributed by atoms with Crippen molar-refractivity contribution >= 4 is 34.9 Å². The largest absolute Gasteiger partial charge is 0.465 e. The molecule has 30 heavy (non-hydrogen) atoms. The molecule has 2 saturated heterocycles. The Hall–Kier alpha value is -3.07. The van der Waals surface area contributed by atoms with Crippen molar-refractivity contribution in [2.75, 3.05) is 19.6 Å². The summed E-state index contributed by atoms with van der Waals surface area (Å²) < 4.78 is 7.00. The lowest BCUT2D eigenvalue weighted by atomic mass is 9.83. The zero-order valence-corrected chi connectivity index (χ0v) is 16.8. The number of piperidine rings is 1. The molecule has 2 aromatic rings. The van der Waals surface area contributed by atoms with Crippen molar-refractivity contribution < 1.29 is 18.8 Å². The molecule has 0 unspecified atom stereocenters. The van der Waals surface area contributed by atoms with Gasteiger partial charge in [0.05, 0.1) is 11.2 Å². The third kappa shape index (κ3) is 3.28. The van der Waals surface area contributed by atoms with E-state index >= 15 is 0 Å². The third-order valence-electron chi connectivity index (χ3n) is 5.82. The number of fused-ring (bicyclic) bond motifs is 4. The molecular formula is C21H19N3O5S. The molecule has 5 heterocycles. The lowest BCUT2D eigenvalue weighted by Gasteiger charge is -2.43. The van der Waals surface area contributed by atoms with Gasteiger partial charge in [0, 0.05) is 43.4 Å². The highest BCUT2D eigenvalue weighted by Gasteiger charge is 2.40. The van der Waals surface area contributed by atoms with E-state index in [1.54, 1.807) is 33.7 Å². The number of carbonyl (C=O) groups excluding carboxylic acids is 3. The van der Waals surface area contributed by atoms with Crippen LogP contribution in [-0.4, -0.2) is 51.1 Å². The van der Waals surface area contributed by atoms with Crippen LogP contribution < -0.4 is 5.56 Å². The summed E-state index contributed by atoms with van der Waals surface area (Å²) in [5, 5.41) is -0.458. The van der Waals surface area contributed by atoms with E-state index in [-0.39, 0.29) is 34.8 Å². The monoisotopic (exact) mass is 425 g/mol. The van der Waals surface area contributed by atoms with Gasteiger partial charge in [-0.2, -0.15) is 0 Å². The smallest absolute Gasteiger partial charge is 0.294 e. The highest BCUT2D eigenvalue weighted by Crippen LogP contribution is 2.36. The quantitative estimate of drug-likeness (QED) is 0.700. The van der Waals surface area contributed by atoms with Crippen LogP contribution in [-0.2, 0) is 16.1 Å². The normalized spacial score (nSPS) is 24.5. The van der Waals surface area contributed by atoms with Crippen LogP contribution in [0.5, 0.6) is 0 Å². The standard InChI is InChI=1S/C21H19N3O5S/c25-18-5-1-4-16-14-7-13(10-23(16)18)9-22(11-14)19(26)12-24-20(27)17(30-21(24)28)8-15-3-2-6-29-15/h1-6,8,13-14H,7,9-12H2/b17-8-/t13-,14+/m1/s1. The number of hydrogen-bond donors (Lipinski definition) is 0. The van der Waals surface area contributed by atoms with Crippen molar-refractivity contribution in [1.82, 2.24) is 14.4 Å². The molecule has 2 atom stereocenters. The number of thioether (sulfide) groups is 1. The van der Waals surface area contributed by atoms with Gasteiger partial charge in [-0.05, 0) is 42.3 Å². The molecule has 0 aliphatic carbocycles. The van der Waals surface area contributed by atoms with Crippen molar-refractivity contribution in [2.45, 2.75) is 18.9 Å². The van der Waals surface area contributed by atoms with Gasteiger partial charge >= 0.3 is 0 Å². The Balaban J connectivity index is 1.30. The van der Waals surface area contributed by atoms with Crippen molar-refractivity contribution in [3.63, 3.8) is 0 Å². The van der Waals surface area contributed by atoms with E-state index in [4.69, 9.17) is 4.42 Å². The van der Waals surface area contributed by atoms with E-state index < -0.39 is 11.1 Å². The van der Waals surface area contributed by atoms with E-state index in [2.05, 4.69) is 0 Å². The molecule has 9 heteroatoms. The second-order valence-corrected chi connectivity index (χ2v) is 8.77. The highest BCUT2D eigenvalue weighted by atomic mass is 32.2. The number of furan rings is 1. The van der Waals surface area contributed by atoms with Gasteiger partial charge in [0.1, 0.15) is 12.3 Å². The number of amides is 3. The van der Waals surface area contributed by atoms with Crippen LogP contribution in [0.25, 0.3) is 6.08 Å². The van der Waals surface area contributed by atoms with E-state index in [9.17, 15) is 19.2 Å². The van der Waals surface area contributed by atoms with Gasteiger partial charge < -0.3 is 13.9 Å². The molecule has 0 aromatic carbocycles. The summed E-state index contributed by atoms with van der Waals surface area (Å²) in [6, 6.07) is 8.63. The topological polar surface area (TPSA) is 92.8 Å². The number of carbonyl (C=O) groups is 3. The van der Waals surface area contributed by atoms with Gasteiger partial charge in [0.15, 0.2) is 0 Å². The molecule has 3 aliphatic heterocycles. The first-order valence-corrected chi connectivity index (χ1v) is 10.6. The molecule has 3 amide bonds. The van der Waals surface area contributed by atoms with Crippen molar-refractivity contribution in [3.05, 3.63) is 63.3 Å². The first kappa shape index (κ1) is 18.9. The zero-order valence-electron chi connectivity index (χ0n) is 16.0. The van der Waals surface area contributed by atoms with Crippen LogP contribution in [0, 0.1) is 5.92 Å². The number of pyridine rings is 1. The van der Waals surface area contributed by atoms with Gasteiger partial charge in [0.2, 0.25) is 5.91 Å². The minimum absolute atomic E-state index is 0.0110. The minimum Gasteiger partial charge on any atom is -0.465 e. The van der Waals surface area contributed by atoms with Gasteiger partial charge in [-0.15, -0.1) is 0 Å². The van der Waals surface area contributed by atoms with Crippen molar-refractivity contribution in [2.24, 2.45) is 5.92 Å². The lowest BCUT2D eigenvalue weighted by molar-refractivity contribution is -0.138. The molecule has 154 valence electrons. The summed E-state index contributed by atoms with van der Waals surface area (Å²) in [4.78, 5) is 53.0. The second-order valence-electron chi connectivity index (χ2n) is 7.78. The maximum absolute atomic E-state index is 12.9. The second kappa shape index (κ2) is 7.32. The van der Waals surface area contributed by atoms with Gasteiger partial charge in [-0.1, -0.05) is 6.07 Å². The Labute approximate surface area is 176 Å². The fourth-order valence-electron chi connectivity index (χ4n) is 4.47. The molecular weight excluding hydrogens is 406 g/mol. The van der Waals surface area contributed by atoms with Crippen LogP contribution in [0.15, 0.2) is 50.7 Å². The summed E-state index contributed by atoms with van der Waals surface area (Å²) >= 11 is 0.807. The number of nitrogens with zero attached hydrogens (tertiary/aromatic N) is 3. The predicted molar refractivity (Wildman–Crippen MR) is 110 cm³/mol. The Kier molecular flexibility index (Phi) is 4.62. The molecule has 2 aromatic heterocycles. The summed E-state index contributed by atoms with van der Waals surface area (Å²) in [7, 11) is 0. The van der Waals surface area contributed by atoms with Crippen LogP contribution in [0.4, 0.5) is 4.79 Å². The summed E-state index contributed by atoms with van der Waals surface area (Å²) in [6.45, 7) is 1.32. The fourth-order valence-corrected chi connectivity index (χ4v) is 5.29. The third-order valence-corrected chi connectivity index (χ3v) is 6.72. The predicted octanol–water partition coefficient (Wildman–Crippen LogP) is 2.12. The summed E-state index contributed by atoms with van der Waals surface area (Å²) in [6.07, 6.45) is 3.93. The maximum Gasteiger partial charge on any atom is 0.294 e. The molecule has 0 saturated carbocycles. The zero-order chi connectivity index (χ0) is 20.8. The average molecular weight is 425 g/mol. The SMILES string of the molecule is O=C(CN1C(=O)S/C(=C\c2ccco2)C1=O)N1C[C@H]2C[C@@H](C1)c1cccc(=O)n1C2. The molecule has 2 fully saturated rings. The number of imide groups is 1. The average Bonchev–Trinajstić information content (AvgIpc) is 3.33. The molecule has 3 aliphatic rings. The summed E-state index contributed by atoms with van der Waals surface area (Å²) in [5.74, 6) is 0.0181. The van der Waals surface area contributed by atoms with Crippen LogP contribution in [0.1, 0.15) is 23.8 Å². The molecule has 5 rings (SSSR count). The van der Waals surface area contributed by atoms with Crippen LogP contribution in [0.2, 0.25) is 0 Å². The first-order valence-electron chi connectivity index (χ1n) is 9.76. The fraction of sp³-hybridized carbons (Fsp3) is 0.333. The van der Waals surface area contributed by atoms with Crippen LogP contribution >= 0.6 is 11.8 Å². The first-order chi connectivity index (χ1) is 14.5. The Bertz CT molecular complexity index is 1120. The maximum atomic E-state index is 12.9. The molecule has 0 spiro atoms. The van der Waals surface area contributed by atoms with Gasteiger partial charge in [-0.25, -0.2) is 0 Å².